The van der Waals surface area contributed by atoms with Crippen molar-refractivity contribution in [3.8, 4) is 17.2 Å². The van der Waals surface area contributed by atoms with Crippen LogP contribution in [0.25, 0.3) is 17.2 Å². The van der Waals surface area contributed by atoms with Gasteiger partial charge in [-0.05, 0) is 35.5 Å². The maximum absolute atomic E-state index is 10.1. The molecule has 0 unspecified atom stereocenters. The van der Waals surface area contributed by atoms with Gasteiger partial charge in [-0.25, -0.2) is 0 Å². The Labute approximate surface area is 173 Å². The summed E-state index contributed by atoms with van der Waals surface area (Å²) in [6, 6.07) is 13.7. The van der Waals surface area contributed by atoms with Crippen molar-refractivity contribution in [3.63, 3.8) is 0 Å². The standard InChI is InChI=1S/C22H19ClN6/c23-19-6-2-1-5-16(19)21-17(10-24)20-7-9-27-14-29(20)22(18(21)11-25)28-13-15-4-3-8-26-12-15/h1-9,12,27H,10,13-14,24H2. The molecule has 0 saturated heterocycles. The average molecular weight is 403 g/mol. The van der Waals surface area contributed by atoms with E-state index >= 15 is 0 Å². The zero-order valence-corrected chi connectivity index (χ0v) is 16.4. The highest BCUT2D eigenvalue weighted by Crippen LogP contribution is 2.34. The fourth-order valence-corrected chi connectivity index (χ4v) is 3.76. The maximum atomic E-state index is 10.1. The molecule has 0 spiro atoms. The summed E-state index contributed by atoms with van der Waals surface area (Å²) in [6.45, 7) is 1.19. The van der Waals surface area contributed by atoms with Gasteiger partial charge in [0.05, 0.1) is 18.9 Å². The van der Waals surface area contributed by atoms with Crippen molar-refractivity contribution < 1.29 is 0 Å². The van der Waals surface area contributed by atoms with Crippen molar-refractivity contribution in [2.75, 3.05) is 0 Å². The number of rotatable bonds is 4. The number of fused-ring (bicyclic) bond motifs is 1. The molecule has 0 aliphatic carbocycles. The normalized spacial score (nSPS) is 12.9. The predicted molar refractivity (Wildman–Crippen MR) is 113 cm³/mol. The number of nitriles is 1. The van der Waals surface area contributed by atoms with Crippen LogP contribution in [0.1, 0.15) is 22.4 Å². The van der Waals surface area contributed by atoms with E-state index in [4.69, 9.17) is 22.3 Å². The fourth-order valence-electron chi connectivity index (χ4n) is 3.53. The van der Waals surface area contributed by atoms with Crippen LogP contribution >= 0.6 is 11.6 Å². The first-order chi connectivity index (χ1) is 14.2. The van der Waals surface area contributed by atoms with Crippen LogP contribution in [0.5, 0.6) is 0 Å². The molecule has 0 bridgehead atoms. The molecule has 1 aliphatic heterocycles. The van der Waals surface area contributed by atoms with Gasteiger partial charge in [-0.3, -0.25) is 9.98 Å². The number of hydrogen-bond donors (Lipinski definition) is 2. The topological polar surface area (TPSA) is 92.0 Å². The van der Waals surface area contributed by atoms with Gasteiger partial charge in [0.1, 0.15) is 17.1 Å². The number of benzene rings is 1. The van der Waals surface area contributed by atoms with E-state index in [1.807, 2.05) is 53.2 Å². The molecule has 3 N–H and O–H groups in total. The lowest BCUT2D eigenvalue weighted by molar-refractivity contribution is 0.585. The van der Waals surface area contributed by atoms with Gasteiger partial charge < -0.3 is 15.6 Å². The monoisotopic (exact) mass is 402 g/mol. The van der Waals surface area contributed by atoms with Crippen LogP contribution < -0.4 is 16.5 Å². The second-order valence-electron chi connectivity index (χ2n) is 6.53. The van der Waals surface area contributed by atoms with Crippen molar-refractivity contribution in [2.45, 2.75) is 19.8 Å². The van der Waals surface area contributed by atoms with Crippen LogP contribution in [-0.2, 0) is 19.8 Å². The minimum atomic E-state index is 0.276. The first kappa shape index (κ1) is 18.9. The van der Waals surface area contributed by atoms with Gasteiger partial charge in [0, 0.05) is 35.1 Å². The number of aromatic nitrogens is 2. The highest BCUT2D eigenvalue weighted by Gasteiger charge is 2.22. The second-order valence-corrected chi connectivity index (χ2v) is 6.94. The SMILES string of the molecule is N#Cc1c(-c2ccccc2Cl)c(CN)c2n(c1=NCc1cccnc1)CNC=C2. The van der Waals surface area contributed by atoms with Gasteiger partial charge in [0.25, 0.3) is 0 Å². The Morgan fingerprint density at radius 2 is 2.14 bits per heavy atom. The third kappa shape index (κ3) is 3.54. The predicted octanol–water partition coefficient (Wildman–Crippen LogP) is 3.17. The molecule has 1 aromatic carbocycles. The Morgan fingerprint density at radius 1 is 1.28 bits per heavy atom. The second kappa shape index (κ2) is 8.31. The van der Waals surface area contributed by atoms with Gasteiger partial charge in [0.2, 0.25) is 0 Å². The Morgan fingerprint density at radius 3 is 2.86 bits per heavy atom. The first-order valence-corrected chi connectivity index (χ1v) is 9.56. The third-order valence-electron chi connectivity index (χ3n) is 4.83. The van der Waals surface area contributed by atoms with Crippen molar-refractivity contribution in [1.82, 2.24) is 14.9 Å². The third-order valence-corrected chi connectivity index (χ3v) is 5.16. The summed E-state index contributed by atoms with van der Waals surface area (Å²) in [7, 11) is 0. The molecule has 3 heterocycles. The highest BCUT2D eigenvalue weighted by atomic mass is 35.5. The van der Waals surface area contributed by atoms with Crippen LogP contribution in [0.4, 0.5) is 0 Å². The molecule has 144 valence electrons. The Bertz CT molecular complexity index is 1190. The molecule has 1 aliphatic rings. The van der Waals surface area contributed by atoms with Gasteiger partial charge in [-0.2, -0.15) is 5.26 Å². The van der Waals surface area contributed by atoms with E-state index in [2.05, 4.69) is 16.4 Å². The van der Waals surface area contributed by atoms with Crippen molar-refractivity contribution in [3.05, 3.63) is 87.9 Å². The van der Waals surface area contributed by atoms with E-state index in [9.17, 15) is 5.26 Å². The summed E-state index contributed by atoms with van der Waals surface area (Å²) in [5, 5.41) is 13.9. The number of pyridine rings is 2. The first-order valence-electron chi connectivity index (χ1n) is 9.18. The summed E-state index contributed by atoms with van der Waals surface area (Å²) >= 11 is 6.50. The Balaban J connectivity index is 2.05. The zero-order chi connectivity index (χ0) is 20.2. The molecular formula is C22H19ClN6. The van der Waals surface area contributed by atoms with Gasteiger partial charge in [0.15, 0.2) is 0 Å². The van der Waals surface area contributed by atoms with E-state index in [-0.39, 0.29) is 6.54 Å². The molecule has 0 saturated carbocycles. The Kier molecular flexibility index (Phi) is 5.43. The molecule has 29 heavy (non-hydrogen) atoms. The number of nitrogens with zero attached hydrogens (tertiary/aromatic N) is 4. The fraction of sp³-hybridized carbons (Fsp3) is 0.136. The molecule has 7 heteroatoms. The number of halogens is 1. The smallest absolute Gasteiger partial charge is 0.148 e. The lowest BCUT2D eigenvalue weighted by Crippen LogP contribution is -2.35. The van der Waals surface area contributed by atoms with Crippen molar-refractivity contribution >= 4 is 17.7 Å². The average Bonchev–Trinajstić information content (AvgIpc) is 2.77. The van der Waals surface area contributed by atoms with E-state index < -0.39 is 0 Å². The van der Waals surface area contributed by atoms with E-state index in [1.54, 1.807) is 12.4 Å². The van der Waals surface area contributed by atoms with Crippen LogP contribution in [0.15, 0.2) is 60.0 Å². The molecule has 0 atom stereocenters. The lowest BCUT2D eigenvalue weighted by Gasteiger charge is -2.24. The summed E-state index contributed by atoms with van der Waals surface area (Å²) in [5.74, 6) is 0. The van der Waals surface area contributed by atoms with Crippen LogP contribution in [0.3, 0.4) is 0 Å². The van der Waals surface area contributed by atoms with Crippen LogP contribution in [0, 0.1) is 11.3 Å². The highest BCUT2D eigenvalue weighted by molar-refractivity contribution is 6.33. The lowest BCUT2D eigenvalue weighted by atomic mass is 9.93. The number of nitrogens with two attached hydrogens (primary N) is 1. The molecule has 2 aromatic heterocycles. The molecule has 0 amide bonds. The molecule has 6 nitrogen and oxygen atoms in total. The summed E-state index contributed by atoms with van der Waals surface area (Å²) in [5.41, 5.74) is 11.5. The Hall–Kier alpha value is -3.40. The van der Waals surface area contributed by atoms with Gasteiger partial charge in [-0.15, -0.1) is 0 Å². The minimum Gasteiger partial charge on any atom is -0.373 e. The van der Waals surface area contributed by atoms with Crippen molar-refractivity contribution in [2.24, 2.45) is 10.7 Å². The maximum Gasteiger partial charge on any atom is 0.148 e. The van der Waals surface area contributed by atoms with E-state index in [0.29, 0.717) is 29.3 Å². The summed E-state index contributed by atoms with van der Waals surface area (Å²) in [4.78, 5) is 8.94. The van der Waals surface area contributed by atoms with Gasteiger partial charge in [-0.1, -0.05) is 35.9 Å². The quantitative estimate of drug-likeness (QED) is 0.701. The molecule has 3 aromatic rings. The largest absolute Gasteiger partial charge is 0.373 e. The summed E-state index contributed by atoms with van der Waals surface area (Å²) in [6.07, 6.45) is 7.33. The molecular weight excluding hydrogens is 384 g/mol. The van der Waals surface area contributed by atoms with Crippen LogP contribution in [0.2, 0.25) is 5.02 Å². The van der Waals surface area contributed by atoms with Gasteiger partial charge >= 0.3 is 0 Å². The number of nitrogens with one attached hydrogen (secondary N) is 1. The van der Waals surface area contributed by atoms with E-state index in [0.717, 1.165) is 27.9 Å². The molecule has 0 fully saturated rings. The molecule has 4 rings (SSSR count). The minimum absolute atomic E-state index is 0.276. The van der Waals surface area contributed by atoms with E-state index in [1.165, 1.54) is 0 Å². The summed E-state index contributed by atoms with van der Waals surface area (Å²) < 4.78 is 1.98. The zero-order valence-electron chi connectivity index (χ0n) is 15.6. The molecule has 0 radical (unpaired) electrons. The van der Waals surface area contributed by atoms with Crippen molar-refractivity contribution in [1.29, 1.82) is 5.26 Å². The number of hydrogen-bond acceptors (Lipinski definition) is 5. The van der Waals surface area contributed by atoms with Crippen LogP contribution in [-0.4, -0.2) is 9.55 Å².